The molecule has 3 aliphatic carbocycles. The maximum atomic E-state index is 12.5. The molecule has 1 spiro atoms. The second-order valence-electron chi connectivity index (χ2n) is 9.46. The van der Waals surface area contributed by atoms with Crippen LogP contribution in [0.5, 0.6) is 0 Å². The van der Waals surface area contributed by atoms with Crippen molar-refractivity contribution in [1.29, 1.82) is 0 Å². The number of aryl methyl sites for hydroxylation is 1. The molecule has 1 aromatic carbocycles. The monoisotopic (exact) mass is 495 g/mol. The Kier molecular flexibility index (Phi) is 12.5. The van der Waals surface area contributed by atoms with Crippen molar-refractivity contribution in [3.05, 3.63) is 88.8 Å². The smallest absolute Gasteiger partial charge is 0.265 e. The molecule has 0 aromatic heterocycles. The van der Waals surface area contributed by atoms with Crippen molar-refractivity contribution in [2.45, 2.75) is 78.3 Å². The van der Waals surface area contributed by atoms with E-state index < -0.39 is 11.7 Å². The van der Waals surface area contributed by atoms with Crippen molar-refractivity contribution < 1.29 is 13.2 Å². The summed E-state index contributed by atoms with van der Waals surface area (Å²) in [5, 5.41) is 0. The van der Waals surface area contributed by atoms with E-state index in [4.69, 9.17) is 0 Å². The Morgan fingerprint density at radius 2 is 1.83 bits per heavy atom. The third-order valence-electron chi connectivity index (χ3n) is 7.03. The molecule has 0 bridgehead atoms. The summed E-state index contributed by atoms with van der Waals surface area (Å²) in [5.74, 6) is 0.937. The van der Waals surface area contributed by atoms with Crippen molar-refractivity contribution in [2.75, 3.05) is 0 Å². The molecule has 2 fully saturated rings. The lowest BCUT2D eigenvalue weighted by Gasteiger charge is -2.15. The van der Waals surface area contributed by atoms with Gasteiger partial charge in [-0.05, 0) is 117 Å². The fourth-order valence-corrected chi connectivity index (χ4v) is 4.81. The number of nitrogens with zero attached hydrogens (tertiary/aromatic N) is 1. The largest absolute Gasteiger partial charge is 0.416 e. The average Bonchev–Trinajstić information content (AvgIpc) is 3.45. The lowest BCUT2D eigenvalue weighted by molar-refractivity contribution is -0.137. The summed E-state index contributed by atoms with van der Waals surface area (Å²) in [6, 6.07) is 3.95. The lowest BCUT2D eigenvalue weighted by Crippen LogP contribution is -2.07. The number of hydrogen-bond donors (Lipinski definition) is 0. The molecule has 0 heterocycles. The van der Waals surface area contributed by atoms with Crippen LogP contribution in [0.2, 0.25) is 0 Å². The van der Waals surface area contributed by atoms with E-state index in [9.17, 15) is 13.2 Å². The van der Waals surface area contributed by atoms with Gasteiger partial charge in [0.25, 0.3) is 0 Å². The molecule has 0 aliphatic heterocycles. The first-order chi connectivity index (χ1) is 17.1. The van der Waals surface area contributed by atoms with Gasteiger partial charge in [0.2, 0.25) is 0 Å². The van der Waals surface area contributed by atoms with E-state index >= 15 is 0 Å². The first-order valence-corrected chi connectivity index (χ1v) is 12.5. The van der Waals surface area contributed by atoms with Crippen LogP contribution in [-0.2, 0) is 6.18 Å². The van der Waals surface area contributed by atoms with Crippen LogP contribution >= 0.6 is 0 Å². The zero-order chi connectivity index (χ0) is 27.4. The summed E-state index contributed by atoms with van der Waals surface area (Å²) in [7, 11) is 0. The molecular weight excluding hydrogens is 455 g/mol. The van der Waals surface area contributed by atoms with Gasteiger partial charge in [-0.2, -0.15) is 13.2 Å². The van der Waals surface area contributed by atoms with Gasteiger partial charge < -0.3 is 0 Å². The second kappa shape index (κ2) is 14.5. The highest BCUT2D eigenvalue weighted by atomic mass is 19.4. The highest BCUT2D eigenvalue weighted by Crippen LogP contribution is 2.65. The first-order valence-electron chi connectivity index (χ1n) is 12.5. The Hall–Kier alpha value is -3.02. The minimum Gasteiger partial charge on any atom is -0.265 e. The van der Waals surface area contributed by atoms with Crippen LogP contribution in [0.1, 0.15) is 81.9 Å². The van der Waals surface area contributed by atoms with Gasteiger partial charge in [0.1, 0.15) is 0 Å². The molecule has 3 aliphatic rings. The van der Waals surface area contributed by atoms with Crippen LogP contribution in [0.4, 0.5) is 13.2 Å². The summed E-state index contributed by atoms with van der Waals surface area (Å²) in [4.78, 5) is 3.95. The lowest BCUT2D eigenvalue weighted by atomic mass is 9.92. The molecule has 0 saturated heterocycles. The van der Waals surface area contributed by atoms with Gasteiger partial charge in [0, 0.05) is 0 Å². The second-order valence-corrected chi connectivity index (χ2v) is 9.46. The number of terminal acetylenes is 1. The Morgan fingerprint density at radius 3 is 2.36 bits per heavy atom. The van der Waals surface area contributed by atoms with Crippen molar-refractivity contribution >= 4 is 6.72 Å². The third-order valence-corrected chi connectivity index (χ3v) is 7.03. The van der Waals surface area contributed by atoms with Crippen LogP contribution in [0.25, 0.3) is 0 Å². The van der Waals surface area contributed by atoms with Crippen LogP contribution < -0.4 is 0 Å². The maximum Gasteiger partial charge on any atom is 0.416 e. The molecule has 2 unspecified atom stereocenters. The van der Waals surface area contributed by atoms with Crippen LogP contribution in [0.15, 0.2) is 77.2 Å². The quantitative estimate of drug-likeness (QED) is 0.171. The predicted molar refractivity (Wildman–Crippen MR) is 148 cm³/mol. The highest BCUT2D eigenvalue weighted by Gasteiger charge is 2.55. The summed E-state index contributed by atoms with van der Waals surface area (Å²) in [6.07, 6.45) is 21.6. The van der Waals surface area contributed by atoms with Gasteiger partial charge in [0.05, 0.1) is 11.3 Å². The highest BCUT2D eigenvalue weighted by molar-refractivity contribution is 5.42. The van der Waals surface area contributed by atoms with E-state index in [2.05, 4.69) is 49.0 Å². The number of aliphatic imine (C=N–C) groups is 1. The third kappa shape index (κ3) is 8.58. The summed E-state index contributed by atoms with van der Waals surface area (Å²) in [6.45, 7) is 14.6. The van der Waals surface area contributed by atoms with E-state index in [1.807, 2.05) is 39.8 Å². The Morgan fingerprint density at radius 1 is 1.22 bits per heavy atom. The number of alkyl halides is 3. The summed E-state index contributed by atoms with van der Waals surface area (Å²) < 4.78 is 37.4. The SMILES string of the molecule is C#C.C=CC.C=NC1=CC=C=C(C2CC23CCCC3)C=C1.CCC(C)c1cc(C(F)(F)F)ccc1C. The molecule has 2 saturated carbocycles. The molecule has 1 nitrogen and oxygen atoms in total. The maximum absolute atomic E-state index is 12.5. The Labute approximate surface area is 216 Å². The normalized spacial score (nSPS) is 19.5. The molecular formula is C32H40F3N. The molecule has 0 N–H and O–H groups in total. The summed E-state index contributed by atoms with van der Waals surface area (Å²) in [5.41, 5.74) is 7.54. The van der Waals surface area contributed by atoms with Crippen LogP contribution in [0.3, 0.4) is 0 Å². The zero-order valence-corrected chi connectivity index (χ0v) is 22.2. The number of benzene rings is 1. The van der Waals surface area contributed by atoms with E-state index in [1.54, 1.807) is 12.1 Å². The number of hydrogen-bond acceptors (Lipinski definition) is 1. The van der Waals surface area contributed by atoms with Crippen molar-refractivity contribution in [3.8, 4) is 12.8 Å². The van der Waals surface area contributed by atoms with Gasteiger partial charge in [0.15, 0.2) is 0 Å². The van der Waals surface area contributed by atoms with Gasteiger partial charge in [-0.1, -0.05) is 38.8 Å². The molecule has 1 aromatic rings. The fraction of sp³-hybridized carbons (Fsp3) is 0.438. The minimum absolute atomic E-state index is 0.173. The standard InChI is InChI=1S/C15H17N.C12H15F3.C3H6.C2H2/c1-16-13-6-4-5-12(7-8-13)14-11-15(14)9-2-3-10-15;1-4-8(2)11-7-10(12(13,14)15)6-5-9(11)3;1-3-2;1-2/h4,6-8,14H,1-3,9-11H2;5-8H,4H2,1-3H3;3H,1H2,2H3;1-2H. The summed E-state index contributed by atoms with van der Waals surface area (Å²) >= 11 is 0. The predicted octanol–water partition coefficient (Wildman–Crippen LogP) is 9.77. The van der Waals surface area contributed by atoms with Crippen molar-refractivity contribution in [1.82, 2.24) is 0 Å². The van der Waals surface area contributed by atoms with Crippen LogP contribution in [0, 0.1) is 31.1 Å². The Balaban J connectivity index is 0.000000307. The van der Waals surface area contributed by atoms with E-state index in [1.165, 1.54) is 43.7 Å². The number of halogens is 3. The molecule has 0 radical (unpaired) electrons. The van der Waals surface area contributed by atoms with Crippen LogP contribution in [-0.4, -0.2) is 6.72 Å². The molecule has 36 heavy (non-hydrogen) atoms. The van der Waals surface area contributed by atoms with Gasteiger partial charge in [-0.3, -0.25) is 4.99 Å². The number of allylic oxidation sites excluding steroid dienone is 5. The van der Waals surface area contributed by atoms with E-state index in [-0.39, 0.29) is 5.92 Å². The van der Waals surface area contributed by atoms with Gasteiger partial charge >= 0.3 is 6.18 Å². The molecule has 2 atom stereocenters. The first kappa shape index (κ1) is 31.0. The molecule has 4 rings (SSSR count). The Bertz CT molecular complexity index is 1020. The van der Waals surface area contributed by atoms with Gasteiger partial charge in [-0.15, -0.1) is 25.2 Å². The molecule has 4 heteroatoms. The molecule has 194 valence electrons. The topological polar surface area (TPSA) is 12.4 Å². The van der Waals surface area contributed by atoms with E-state index in [0.717, 1.165) is 35.2 Å². The zero-order valence-electron chi connectivity index (χ0n) is 22.2. The minimum atomic E-state index is -4.24. The average molecular weight is 496 g/mol. The number of rotatable bonds is 4. The van der Waals surface area contributed by atoms with E-state index in [0.29, 0.717) is 5.41 Å². The van der Waals surface area contributed by atoms with Crippen molar-refractivity contribution in [2.24, 2.45) is 16.3 Å². The fourth-order valence-electron chi connectivity index (χ4n) is 4.81. The van der Waals surface area contributed by atoms with Crippen molar-refractivity contribution in [3.63, 3.8) is 0 Å². The van der Waals surface area contributed by atoms with Gasteiger partial charge in [-0.25, -0.2) is 0 Å². The molecule has 0 amide bonds.